The average molecular weight is 310 g/mol. The molecule has 112 valence electrons. The van der Waals surface area contributed by atoms with E-state index in [2.05, 4.69) is 62.1 Å². The van der Waals surface area contributed by atoms with E-state index >= 15 is 0 Å². The van der Waals surface area contributed by atoms with Crippen molar-refractivity contribution in [1.82, 2.24) is 19.4 Å². The SMILES string of the molecule is Cc1cnc2n1C[C@@H](c1ccccc1)N(Cc1cscn1)C2. The van der Waals surface area contributed by atoms with E-state index < -0.39 is 0 Å². The third-order valence-electron chi connectivity index (χ3n) is 4.31. The lowest BCUT2D eigenvalue weighted by Gasteiger charge is -2.36. The second-order valence-electron chi connectivity index (χ2n) is 5.74. The van der Waals surface area contributed by atoms with Gasteiger partial charge in [0.15, 0.2) is 0 Å². The number of nitrogens with zero attached hydrogens (tertiary/aromatic N) is 4. The molecule has 0 bridgehead atoms. The van der Waals surface area contributed by atoms with E-state index in [1.807, 2.05) is 11.7 Å². The number of imidazole rings is 1. The molecule has 0 saturated carbocycles. The van der Waals surface area contributed by atoms with Crippen LogP contribution in [0.25, 0.3) is 0 Å². The fourth-order valence-electron chi connectivity index (χ4n) is 3.15. The summed E-state index contributed by atoms with van der Waals surface area (Å²) in [5.41, 5.74) is 5.64. The van der Waals surface area contributed by atoms with Crippen molar-refractivity contribution in [3.05, 3.63) is 70.2 Å². The third-order valence-corrected chi connectivity index (χ3v) is 4.95. The van der Waals surface area contributed by atoms with E-state index in [1.54, 1.807) is 11.3 Å². The molecule has 1 aliphatic heterocycles. The quantitative estimate of drug-likeness (QED) is 0.743. The van der Waals surface area contributed by atoms with Crippen LogP contribution in [0.2, 0.25) is 0 Å². The number of benzene rings is 1. The number of aromatic nitrogens is 3. The standard InChI is InChI=1S/C17H18N4S/c1-13-7-18-17-10-20(8-15-11-22-12-19-15)16(9-21(13)17)14-5-3-2-4-6-14/h2-7,11-12,16H,8-10H2,1H3/t16-/m0/s1. The zero-order chi connectivity index (χ0) is 14.9. The van der Waals surface area contributed by atoms with Gasteiger partial charge in [-0.05, 0) is 12.5 Å². The molecule has 5 heteroatoms. The van der Waals surface area contributed by atoms with E-state index in [-0.39, 0.29) is 0 Å². The predicted octanol–water partition coefficient (Wildman–Crippen LogP) is 3.41. The Kier molecular flexibility index (Phi) is 3.52. The molecule has 1 aromatic carbocycles. The van der Waals surface area contributed by atoms with Crippen LogP contribution in [0.5, 0.6) is 0 Å². The summed E-state index contributed by atoms with van der Waals surface area (Å²) in [5.74, 6) is 1.15. The Balaban J connectivity index is 1.70. The van der Waals surface area contributed by atoms with Crippen LogP contribution in [0.15, 0.2) is 47.4 Å². The topological polar surface area (TPSA) is 34.0 Å². The van der Waals surface area contributed by atoms with Gasteiger partial charge in [-0.25, -0.2) is 9.97 Å². The molecule has 3 heterocycles. The van der Waals surface area contributed by atoms with Crippen LogP contribution >= 0.6 is 11.3 Å². The lowest BCUT2D eigenvalue weighted by atomic mass is 10.0. The Morgan fingerprint density at radius 2 is 2.09 bits per heavy atom. The average Bonchev–Trinajstić information content (AvgIpc) is 3.18. The maximum Gasteiger partial charge on any atom is 0.123 e. The second-order valence-corrected chi connectivity index (χ2v) is 6.46. The van der Waals surface area contributed by atoms with Crippen LogP contribution in [0.4, 0.5) is 0 Å². The molecular formula is C17H18N4S. The van der Waals surface area contributed by atoms with Crippen LogP contribution in [0.3, 0.4) is 0 Å². The van der Waals surface area contributed by atoms with Crippen LogP contribution in [-0.2, 0) is 19.6 Å². The van der Waals surface area contributed by atoms with E-state index in [4.69, 9.17) is 0 Å². The fourth-order valence-corrected chi connectivity index (χ4v) is 3.70. The normalized spacial score (nSPS) is 18.3. The van der Waals surface area contributed by atoms with Gasteiger partial charge >= 0.3 is 0 Å². The lowest BCUT2D eigenvalue weighted by molar-refractivity contribution is 0.126. The number of aryl methyl sites for hydroxylation is 1. The van der Waals surface area contributed by atoms with Gasteiger partial charge in [0.1, 0.15) is 5.82 Å². The number of hydrogen-bond donors (Lipinski definition) is 0. The summed E-state index contributed by atoms with van der Waals surface area (Å²) in [6.45, 7) is 4.82. The molecular weight excluding hydrogens is 292 g/mol. The minimum absolute atomic E-state index is 0.364. The zero-order valence-corrected chi connectivity index (χ0v) is 13.3. The summed E-state index contributed by atoms with van der Waals surface area (Å²) < 4.78 is 2.34. The van der Waals surface area contributed by atoms with Crippen LogP contribution in [0.1, 0.15) is 28.8 Å². The largest absolute Gasteiger partial charge is 0.329 e. The molecule has 4 nitrogen and oxygen atoms in total. The van der Waals surface area contributed by atoms with Crippen molar-refractivity contribution < 1.29 is 0 Å². The first-order valence-corrected chi connectivity index (χ1v) is 8.42. The van der Waals surface area contributed by atoms with E-state index in [0.717, 1.165) is 31.2 Å². The Bertz CT molecular complexity index is 748. The molecule has 0 amide bonds. The summed E-state index contributed by atoms with van der Waals surface area (Å²) in [7, 11) is 0. The van der Waals surface area contributed by atoms with Crippen molar-refractivity contribution in [3.63, 3.8) is 0 Å². The Labute approximate surface area is 134 Å². The maximum absolute atomic E-state index is 4.57. The van der Waals surface area contributed by atoms with E-state index in [9.17, 15) is 0 Å². The highest BCUT2D eigenvalue weighted by atomic mass is 32.1. The van der Waals surface area contributed by atoms with Gasteiger partial charge in [-0.2, -0.15) is 0 Å². The first-order chi connectivity index (χ1) is 10.8. The van der Waals surface area contributed by atoms with Gasteiger partial charge in [0, 0.05) is 30.4 Å². The first kappa shape index (κ1) is 13.7. The molecule has 0 radical (unpaired) electrons. The molecule has 0 fully saturated rings. The molecule has 3 aromatic rings. The summed E-state index contributed by atoms with van der Waals surface area (Å²) in [4.78, 5) is 11.5. The molecule has 0 saturated heterocycles. The number of hydrogen-bond acceptors (Lipinski definition) is 4. The molecule has 22 heavy (non-hydrogen) atoms. The summed E-state index contributed by atoms with van der Waals surface area (Å²) in [6, 6.07) is 11.1. The monoisotopic (exact) mass is 310 g/mol. The minimum Gasteiger partial charge on any atom is -0.329 e. The van der Waals surface area contributed by atoms with Crippen molar-refractivity contribution >= 4 is 11.3 Å². The predicted molar refractivity (Wildman–Crippen MR) is 87.5 cm³/mol. The summed E-state index contributed by atoms with van der Waals surface area (Å²) >= 11 is 1.66. The molecule has 0 unspecified atom stereocenters. The molecule has 4 rings (SSSR count). The second kappa shape index (κ2) is 5.66. The number of fused-ring (bicyclic) bond motifs is 1. The summed E-state index contributed by atoms with van der Waals surface area (Å²) in [5, 5.41) is 2.13. The minimum atomic E-state index is 0.364. The molecule has 1 atom stereocenters. The van der Waals surface area contributed by atoms with Gasteiger partial charge < -0.3 is 4.57 Å². The summed E-state index contributed by atoms with van der Waals surface area (Å²) in [6.07, 6.45) is 1.98. The van der Waals surface area contributed by atoms with Crippen molar-refractivity contribution in [1.29, 1.82) is 0 Å². The fraction of sp³-hybridized carbons (Fsp3) is 0.294. The highest BCUT2D eigenvalue weighted by Crippen LogP contribution is 2.31. The number of rotatable bonds is 3. The molecule has 1 aliphatic rings. The third kappa shape index (κ3) is 2.46. The Hall–Kier alpha value is -1.98. The van der Waals surface area contributed by atoms with Gasteiger partial charge in [-0.15, -0.1) is 11.3 Å². The van der Waals surface area contributed by atoms with Crippen LogP contribution in [-0.4, -0.2) is 19.4 Å². The van der Waals surface area contributed by atoms with E-state index in [0.29, 0.717) is 6.04 Å². The maximum atomic E-state index is 4.57. The molecule has 0 N–H and O–H groups in total. The molecule has 0 spiro atoms. The van der Waals surface area contributed by atoms with E-state index in [1.165, 1.54) is 11.3 Å². The Morgan fingerprint density at radius 3 is 2.86 bits per heavy atom. The van der Waals surface area contributed by atoms with Crippen molar-refractivity contribution in [2.75, 3.05) is 0 Å². The Morgan fingerprint density at radius 1 is 1.23 bits per heavy atom. The highest BCUT2D eigenvalue weighted by Gasteiger charge is 2.29. The van der Waals surface area contributed by atoms with Gasteiger partial charge in [-0.1, -0.05) is 30.3 Å². The molecule has 2 aromatic heterocycles. The highest BCUT2D eigenvalue weighted by molar-refractivity contribution is 7.07. The van der Waals surface area contributed by atoms with Gasteiger partial charge in [0.25, 0.3) is 0 Å². The van der Waals surface area contributed by atoms with Crippen molar-refractivity contribution in [2.24, 2.45) is 0 Å². The van der Waals surface area contributed by atoms with Crippen LogP contribution in [0, 0.1) is 6.92 Å². The van der Waals surface area contributed by atoms with Gasteiger partial charge in [0.2, 0.25) is 0 Å². The van der Waals surface area contributed by atoms with Crippen molar-refractivity contribution in [2.45, 2.75) is 32.6 Å². The van der Waals surface area contributed by atoms with Crippen LogP contribution < -0.4 is 0 Å². The number of thiazole rings is 1. The smallest absolute Gasteiger partial charge is 0.123 e. The van der Waals surface area contributed by atoms with Crippen molar-refractivity contribution in [3.8, 4) is 0 Å². The zero-order valence-electron chi connectivity index (χ0n) is 12.5. The van der Waals surface area contributed by atoms with Gasteiger partial charge in [0.05, 0.1) is 23.8 Å². The first-order valence-electron chi connectivity index (χ1n) is 7.48. The van der Waals surface area contributed by atoms with Gasteiger partial charge in [-0.3, -0.25) is 4.90 Å². The lowest BCUT2D eigenvalue weighted by Crippen LogP contribution is -2.37. The molecule has 0 aliphatic carbocycles.